The fraction of sp³-hybridized carbons (Fsp3) is 0.176. The Bertz CT molecular complexity index is 952. The number of benzene rings is 2. The van der Waals surface area contributed by atoms with Crippen LogP contribution in [0.5, 0.6) is 5.75 Å². The lowest BCUT2D eigenvalue weighted by atomic mass is 10.1. The molecule has 0 bridgehead atoms. The summed E-state index contributed by atoms with van der Waals surface area (Å²) in [6, 6.07) is 11.3. The molecule has 1 aliphatic rings. The highest BCUT2D eigenvalue weighted by Crippen LogP contribution is 2.39. The lowest BCUT2D eigenvalue weighted by Crippen LogP contribution is -2.05. The van der Waals surface area contributed by atoms with Gasteiger partial charge >= 0.3 is 11.9 Å². The molecular weight excluding hydrogens is 373 g/mol. The van der Waals surface area contributed by atoms with Crippen LogP contribution in [0.25, 0.3) is 11.4 Å². The molecule has 0 fully saturated rings. The first-order valence-electron chi connectivity index (χ1n) is 7.48. The number of hydrogen-bond donors (Lipinski definition) is 1. The topological polar surface area (TPSA) is 68.1 Å². The van der Waals surface area contributed by atoms with Gasteiger partial charge in [-0.15, -0.1) is 0 Å². The summed E-state index contributed by atoms with van der Waals surface area (Å²) in [7, 11) is 0. The number of aromatic amines is 1. The van der Waals surface area contributed by atoms with Gasteiger partial charge in [0.2, 0.25) is 0 Å². The maximum atomic E-state index is 12.3. The minimum Gasteiger partial charge on any atom is -0.491 e. The van der Waals surface area contributed by atoms with Gasteiger partial charge in [0, 0.05) is 12.0 Å². The summed E-state index contributed by atoms with van der Waals surface area (Å²) >= 11 is 5.66. The van der Waals surface area contributed by atoms with Crippen molar-refractivity contribution in [3.63, 3.8) is 0 Å². The minimum absolute atomic E-state index is 0.0346. The van der Waals surface area contributed by atoms with Gasteiger partial charge < -0.3 is 4.74 Å². The van der Waals surface area contributed by atoms with Gasteiger partial charge in [-0.2, -0.15) is 13.2 Å². The van der Waals surface area contributed by atoms with Gasteiger partial charge in [-0.25, -0.2) is 4.79 Å². The number of rotatable bonds is 1. The zero-order chi connectivity index (χ0) is 18.7. The summed E-state index contributed by atoms with van der Waals surface area (Å²) in [6.45, 7) is 0.399. The summed E-state index contributed by atoms with van der Waals surface area (Å²) in [5, 5.41) is 3.58. The number of nitrogens with one attached hydrogen (secondary N) is 1. The molecule has 1 aliphatic heterocycles. The Kier molecular flexibility index (Phi) is 5.03. The zero-order valence-electron chi connectivity index (χ0n) is 13.1. The molecule has 3 aromatic rings. The lowest BCUT2D eigenvalue weighted by Gasteiger charge is -2.09. The Morgan fingerprint density at radius 2 is 1.88 bits per heavy atom. The van der Waals surface area contributed by atoms with Crippen LogP contribution in [-0.2, 0) is 12.6 Å². The van der Waals surface area contributed by atoms with Crippen LogP contribution in [0.4, 0.5) is 13.2 Å². The molecule has 0 unspecified atom stereocenters. The smallest absolute Gasteiger partial charge is 0.439 e. The van der Waals surface area contributed by atoms with Gasteiger partial charge in [0.15, 0.2) is 5.82 Å². The summed E-state index contributed by atoms with van der Waals surface area (Å²) in [5.41, 5.74) is 0.653. The summed E-state index contributed by atoms with van der Waals surface area (Å²) < 4.78 is 46.5. The predicted octanol–water partition coefficient (Wildman–Crippen LogP) is 4.32. The standard InChI is InChI=1S/C9H6ClF3O.C8H6N2O2/c10-7-4-6(9(11,12)13)3-5-1-2-14-8(5)7;11-8-9-7(10-12-8)6-4-2-1-3-5-6/h3-4H,1-2H2;1-5H,(H,9,10,11). The molecule has 0 aliphatic carbocycles. The highest BCUT2D eigenvalue weighted by Gasteiger charge is 2.33. The fourth-order valence-corrected chi connectivity index (χ4v) is 2.67. The highest BCUT2D eigenvalue weighted by molar-refractivity contribution is 6.32. The van der Waals surface area contributed by atoms with Crippen LogP contribution in [0.15, 0.2) is 51.8 Å². The average Bonchev–Trinajstić information content (AvgIpc) is 3.24. The van der Waals surface area contributed by atoms with Gasteiger partial charge in [0.25, 0.3) is 0 Å². The molecule has 1 aromatic heterocycles. The predicted molar refractivity (Wildman–Crippen MR) is 88.2 cm³/mol. The SMILES string of the molecule is FC(F)(F)c1cc(Cl)c2c(c1)CCO2.O=c1[nH]c(-c2ccccc2)no1. The van der Waals surface area contributed by atoms with Crippen LogP contribution in [0.2, 0.25) is 5.02 Å². The number of alkyl halides is 3. The quantitative estimate of drug-likeness (QED) is 0.678. The van der Waals surface area contributed by atoms with Gasteiger partial charge in [0.1, 0.15) is 5.75 Å². The van der Waals surface area contributed by atoms with E-state index in [1.54, 1.807) is 0 Å². The Morgan fingerprint density at radius 1 is 1.15 bits per heavy atom. The van der Waals surface area contributed by atoms with Gasteiger partial charge in [-0.3, -0.25) is 9.51 Å². The monoisotopic (exact) mass is 384 g/mol. The van der Waals surface area contributed by atoms with Crippen molar-refractivity contribution in [1.82, 2.24) is 10.1 Å². The molecule has 0 amide bonds. The van der Waals surface area contributed by atoms with E-state index in [0.717, 1.165) is 17.7 Å². The molecule has 136 valence electrons. The Morgan fingerprint density at radius 3 is 2.50 bits per heavy atom. The molecule has 2 heterocycles. The molecule has 26 heavy (non-hydrogen) atoms. The van der Waals surface area contributed by atoms with Crippen LogP contribution < -0.4 is 10.5 Å². The normalized spacial score (nSPS) is 12.8. The molecule has 2 aromatic carbocycles. The Labute approximate surface area is 150 Å². The number of fused-ring (bicyclic) bond motifs is 1. The van der Waals surface area contributed by atoms with Crippen molar-refractivity contribution in [2.75, 3.05) is 6.61 Å². The van der Waals surface area contributed by atoms with E-state index in [0.29, 0.717) is 30.2 Å². The number of H-pyrrole nitrogens is 1. The molecule has 0 radical (unpaired) electrons. The van der Waals surface area contributed by atoms with Crippen molar-refractivity contribution in [2.24, 2.45) is 0 Å². The number of hydrogen-bond acceptors (Lipinski definition) is 4. The Balaban J connectivity index is 0.000000152. The van der Waals surface area contributed by atoms with Gasteiger partial charge in [0.05, 0.1) is 17.2 Å². The molecule has 1 N–H and O–H groups in total. The molecule has 0 saturated heterocycles. The second-order valence-corrected chi connectivity index (χ2v) is 5.76. The van der Waals surface area contributed by atoms with Crippen LogP contribution in [0.3, 0.4) is 0 Å². The van der Waals surface area contributed by atoms with Crippen molar-refractivity contribution in [2.45, 2.75) is 12.6 Å². The van der Waals surface area contributed by atoms with Gasteiger partial charge in [-0.05, 0) is 17.7 Å². The van der Waals surface area contributed by atoms with Crippen molar-refractivity contribution in [3.05, 3.63) is 69.2 Å². The van der Waals surface area contributed by atoms with Crippen molar-refractivity contribution in [3.8, 4) is 17.1 Å². The summed E-state index contributed by atoms with van der Waals surface area (Å²) in [5.74, 6) is 0.314. The number of halogens is 4. The zero-order valence-corrected chi connectivity index (χ0v) is 13.9. The maximum Gasteiger partial charge on any atom is 0.439 e. The maximum absolute atomic E-state index is 12.3. The molecule has 0 atom stereocenters. The first kappa shape index (κ1) is 18.1. The van der Waals surface area contributed by atoms with Crippen LogP contribution >= 0.6 is 11.6 Å². The summed E-state index contributed by atoms with van der Waals surface area (Å²) in [6.07, 6.45) is -3.86. The van der Waals surface area contributed by atoms with Crippen LogP contribution in [0, 0.1) is 0 Å². The molecule has 0 saturated carbocycles. The molecule has 9 heteroatoms. The first-order chi connectivity index (χ1) is 12.3. The number of ether oxygens (including phenoxy) is 1. The van der Waals surface area contributed by atoms with Crippen molar-refractivity contribution in [1.29, 1.82) is 0 Å². The highest BCUT2D eigenvalue weighted by atomic mass is 35.5. The number of aromatic nitrogens is 2. The van der Waals surface area contributed by atoms with Gasteiger partial charge in [-0.1, -0.05) is 47.1 Å². The van der Waals surface area contributed by atoms with Crippen LogP contribution in [0.1, 0.15) is 11.1 Å². The van der Waals surface area contributed by atoms with E-state index in [-0.39, 0.29) is 5.02 Å². The van der Waals surface area contributed by atoms with Crippen molar-refractivity contribution < 1.29 is 22.4 Å². The largest absolute Gasteiger partial charge is 0.491 e. The summed E-state index contributed by atoms with van der Waals surface area (Å²) in [4.78, 5) is 13.0. The van der Waals surface area contributed by atoms with E-state index in [2.05, 4.69) is 14.7 Å². The molecule has 0 spiro atoms. The molecule has 5 nitrogen and oxygen atoms in total. The lowest BCUT2D eigenvalue weighted by molar-refractivity contribution is -0.137. The van der Waals surface area contributed by atoms with E-state index >= 15 is 0 Å². The van der Waals surface area contributed by atoms with E-state index in [1.165, 1.54) is 0 Å². The first-order valence-corrected chi connectivity index (χ1v) is 7.86. The van der Waals surface area contributed by atoms with Crippen LogP contribution in [-0.4, -0.2) is 16.7 Å². The van der Waals surface area contributed by atoms with Crippen molar-refractivity contribution >= 4 is 11.6 Å². The van der Waals surface area contributed by atoms with E-state index in [9.17, 15) is 18.0 Å². The Hall–Kier alpha value is -2.74. The second-order valence-electron chi connectivity index (χ2n) is 5.35. The van der Waals surface area contributed by atoms with E-state index in [1.807, 2.05) is 30.3 Å². The molecule has 4 rings (SSSR count). The average molecular weight is 385 g/mol. The fourth-order valence-electron chi connectivity index (χ4n) is 2.37. The van der Waals surface area contributed by atoms with E-state index in [4.69, 9.17) is 16.3 Å². The third-order valence-corrected chi connectivity index (χ3v) is 3.83. The molecular formula is C17H12ClF3N2O3. The minimum atomic E-state index is -4.35. The number of nitrogens with zero attached hydrogens (tertiary/aromatic N) is 1. The van der Waals surface area contributed by atoms with E-state index < -0.39 is 17.5 Å². The second kappa shape index (κ2) is 7.25. The third kappa shape index (κ3) is 4.08. The third-order valence-electron chi connectivity index (χ3n) is 3.55.